The predicted molar refractivity (Wildman–Crippen MR) is 102 cm³/mol. The van der Waals surface area contributed by atoms with Crippen LogP contribution in [0.1, 0.15) is 5.56 Å². The molecule has 0 heterocycles. The summed E-state index contributed by atoms with van der Waals surface area (Å²) in [5, 5.41) is 2.83. The number of hydrogen-bond donors (Lipinski definition) is 1. The maximum atomic E-state index is 12.0. The molecule has 0 fully saturated rings. The number of amides is 1. The highest BCUT2D eigenvalue weighted by Crippen LogP contribution is 2.33. The minimum atomic E-state index is -0.201. The summed E-state index contributed by atoms with van der Waals surface area (Å²) in [6.45, 7) is 0.398. The molecule has 140 valence electrons. The van der Waals surface area contributed by atoms with Gasteiger partial charge in [0.2, 0.25) is 0 Å². The second kappa shape index (κ2) is 9.91. The van der Waals surface area contributed by atoms with Gasteiger partial charge in [0.1, 0.15) is 0 Å². The Balaban J connectivity index is 1.85. The lowest BCUT2D eigenvalue weighted by atomic mass is 10.1. The minimum absolute atomic E-state index is 0.0759. The molecule has 0 saturated heterocycles. The van der Waals surface area contributed by atoms with E-state index in [0.29, 0.717) is 36.0 Å². The fourth-order valence-corrected chi connectivity index (χ4v) is 2.88. The van der Waals surface area contributed by atoms with E-state index in [1.165, 1.54) is 0 Å². The zero-order valence-electron chi connectivity index (χ0n) is 15.0. The Hall–Kier alpha value is -2.41. The number of hydrogen-bond acceptors (Lipinski definition) is 5. The van der Waals surface area contributed by atoms with Gasteiger partial charge in [-0.25, -0.2) is 0 Å². The molecule has 0 aliphatic rings. The molecular formula is C19H22BrNO5. The summed E-state index contributed by atoms with van der Waals surface area (Å²) in [5.41, 5.74) is 1.01. The molecule has 0 atom stereocenters. The molecule has 0 aliphatic carbocycles. The third-order valence-electron chi connectivity index (χ3n) is 3.70. The van der Waals surface area contributed by atoms with Crippen LogP contribution in [0.2, 0.25) is 0 Å². The first kappa shape index (κ1) is 19.9. The minimum Gasteiger partial charge on any atom is -0.493 e. The van der Waals surface area contributed by atoms with Gasteiger partial charge in [-0.15, -0.1) is 0 Å². The number of para-hydroxylation sites is 2. The van der Waals surface area contributed by atoms with E-state index in [1.807, 2.05) is 24.3 Å². The second-order valence-corrected chi connectivity index (χ2v) is 6.19. The van der Waals surface area contributed by atoms with Crippen molar-refractivity contribution in [2.75, 3.05) is 34.5 Å². The number of methoxy groups -OCH3 is 3. The number of rotatable bonds is 9. The molecule has 0 bridgehead atoms. The van der Waals surface area contributed by atoms with Crippen LogP contribution in [-0.2, 0) is 11.2 Å². The molecule has 2 aromatic carbocycles. The number of carbonyl (C=O) groups excluding carboxylic acids is 1. The molecule has 0 spiro atoms. The molecule has 0 radical (unpaired) electrons. The van der Waals surface area contributed by atoms with Crippen molar-refractivity contribution in [3.8, 4) is 23.0 Å². The summed E-state index contributed by atoms with van der Waals surface area (Å²) in [6.07, 6.45) is 0.640. The highest BCUT2D eigenvalue weighted by molar-refractivity contribution is 9.10. The van der Waals surface area contributed by atoms with Gasteiger partial charge in [0, 0.05) is 11.0 Å². The fraction of sp³-hybridized carbons (Fsp3) is 0.316. The first-order valence-electron chi connectivity index (χ1n) is 8.02. The summed E-state index contributed by atoms with van der Waals surface area (Å²) in [4.78, 5) is 12.0. The van der Waals surface area contributed by atoms with Crippen molar-refractivity contribution in [1.82, 2.24) is 5.32 Å². The number of halogens is 1. The number of benzene rings is 2. The molecule has 1 N–H and O–H groups in total. The van der Waals surface area contributed by atoms with E-state index in [1.54, 1.807) is 33.5 Å². The number of nitrogens with one attached hydrogen (secondary N) is 1. The van der Waals surface area contributed by atoms with Crippen LogP contribution < -0.4 is 24.3 Å². The van der Waals surface area contributed by atoms with E-state index in [4.69, 9.17) is 18.9 Å². The van der Waals surface area contributed by atoms with Gasteiger partial charge in [0.15, 0.2) is 29.6 Å². The van der Waals surface area contributed by atoms with E-state index in [-0.39, 0.29) is 12.5 Å². The molecule has 0 aliphatic heterocycles. The molecule has 2 aromatic rings. The largest absolute Gasteiger partial charge is 0.493 e. The maximum absolute atomic E-state index is 12.0. The zero-order valence-corrected chi connectivity index (χ0v) is 16.6. The Labute approximate surface area is 161 Å². The van der Waals surface area contributed by atoms with E-state index in [0.717, 1.165) is 10.0 Å². The summed E-state index contributed by atoms with van der Waals surface area (Å²) >= 11 is 3.51. The average molecular weight is 424 g/mol. The Kier molecular flexibility index (Phi) is 7.59. The Bertz CT molecular complexity index is 751. The zero-order chi connectivity index (χ0) is 18.9. The average Bonchev–Trinajstić information content (AvgIpc) is 2.67. The fourth-order valence-electron chi connectivity index (χ4n) is 2.36. The van der Waals surface area contributed by atoms with Crippen molar-refractivity contribution in [2.24, 2.45) is 0 Å². The summed E-state index contributed by atoms with van der Waals surface area (Å²) in [6, 6.07) is 10.9. The van der Waals surface area contributed by atoms with Crippen LogP contribution >= 0.6 is 15.9 Å². The van der Waals surface area contributed by atoms with E-state index >= 15 is 0 Å². The molecular weight excluding hydrogens is 402 g/mol. The van der Waals surface area contributed by atoms with Gasteiger partial charge in [-0.3, -0.25) is 4.79 Å². The van der Waals surface area contributed by atoms with Gasteiger partial charge in [0.05, 0.1) is 21.3 Å². The quantitative estimate of drug-likeness (QED) is 0.670. The van der Waals surface area contributed by atoms with Crippen LogP contribution in [0.5, 0.6) is 23.0 Å². The maximum Gasteiger partial charge on any atom is 0.257 e. The summed E-state index contributed by atoms with van der Waals surface area (Å²) < 4.78 is 22.1. The second-order valence-electron chi connectivity index (χ2n) is 5.34. The van der Waals surface area contributed by atoms with Gasteiger partial charge < -0.3 is 24.3 Å². The monoisotopic (exact) mass is 423 g/mol. The molecule has 0 saturated carbocycles. The molecule has 26 heavy (non-hydrogen) atoms. The lowest BCUT2D eigenvalue weighted by Gasteiger charge is -2.13. The van der Waals surface area contributed by atoms with Crippen LogP contribution in [0.3, 0.4) is 0 Å². The van der Waals surface area contributed by atoms with Crippen molar-refractivity contribution in [3.63, 3.8) is 0 Å². The Morgan fingerprint density at radius 2 is 1.58 bits per heavy atom. The van der Waals surface area contributed by atoms with Crippen LogP contribution in [0.15, 0.2) is 40.9 Å². The summed E-state index contributed by atoms with van der Waals surface area (Å²) in [7, 11) is 4.74. The molecule has 6 nitrogen and oxygen atoms in total. The first-order valence-corrected chi connectivity index (χ1v) is 8.81. The molecule has 1 amide bonds. The Morgan fingerprint density at radius 3 is 2.23 bits per heavy atom. The third-order valence-corrected chi connectivity index (χ3v) is 4.44. The molecule has 0 unspecified atom stereocenters. The van der Waals surface area contributed by atoms with Gasteiger partial charge in [-0.05, 0) is 36.2 Å². The van der Waals surface area contributed by atoms with E-state index in [9.17, 15) is 4.79 Å². The molecule has 2 rings (SSSR count). The van der Waals surface area contributed by atoms with Gasteiger partial charge >= 0.3 is 0 Å². The van der Waals surface area contributed by atoms with Crippen LogP contribution in [-0.4, -0.2) is 40.4 Å². The predicted octanol–water partition coefficient (Wildman–Crippen LogP) is 3.21. The lowest BCUT2D eigenvalue weighted by molar-refractivity contribution is -0.123. The van der Waals surface area contributed by atoms with Gasteiger partial charge in [-0.1, -0.05) is 28.1 Å². The normalized spacial score (nSPS) is 10.2. The Morgan fingerprint density at radius 1 is 0.962 bits per heavy atom. The lowest BCUT2D eigenvalue weighted by Crippen LogP contribution is -2.30. The molecule has 7 heteroatoms. The highest BCUT2D eigenvalue weighted by Gasteiger charge is 2.11. The van der Waals surface area contributed by atoms with Crippen LogP contribution in [0.4, 0.5) is 0 Å². The highest BCUT2D eigenvalue weighted by atomic mass is 79.9. The van der Waals surface area contributed by atoms with Crippen molar-refractivity contribution in [1.29, 1.82) is 0 Å². The van der Waals surface area contributed by atoms with Gasteiger partial charge in [-0.2, -0.15) is 0 Å². The van der Waals surface area contributed by atoms with Crippen LogP contribution in [0, 0.1) is 0 Å². The van der Waals surface area contributed by atoms with Crippen LogP contribution in [0.25, 0.3) is 0 Å². The topological polar surface area (TPSA) is 66.0 Å². The standard InChI is InChI=1S/C19H22BrNO5/c1-23-15-6-4-5-7-16(15)26-12-19(22)21-9-8-13-10-17(24-2)18(25-3)11-14(13)20/h4-7,10-11H,8-9,12H2,1-3H3,(H,21,22). The number of ether oxygens (including phenoxy) is 4. The summed E-state index contributed by atoms with van der Waals surface area (Å²) in [5.74, 6) is 2.23. The van der Waals surface area contributed by atoms with Gasteiger partial charge in [0.25, 0.3) is 5.91 Å². The van der Waals surface area contributed by atoms with Crippen molar-refractivity contribution in [3.05, 3.63) is 46.4 Å². The number of carbonyl (C=O) groups is 1. The third kappa shape index (κ3) is 5.29. The SMILES string of the molecule is COc1cc(Br)c(CCNC(=O)COc2ccccc2OC)cc1OC. The smallest absolute Gasteiger partial charge is 0.257 e. The van der Waals surface area contributed by atoms with Crippen molar-refractivity contribution >= 4 is 21.8 Å². The van der Waals surface area contributed by atoms with Crippen molar-refractivity contribution < 1.29 is 23.7 Å². The first-order chi connectivity index (χ1) is 12.6. The van der Waals surface area contributed by atoms with Crippen molar-refractivity contribution in [2.45, 2.75) is 6.42 Å². The van der Waals surface area contributed by atoms with E-state index in [2.05, 4.69) is 21.2 Å². The molecule has 0 aromatic heterocycles. The van der Waals surface area contributed by atoms with E-state index < -0.39 is 0 Å².